The minimum absolute atomic E-state index is 0.0543. The van der Waals surface area contributed by atoms with E-state index in [4.69, 9.17) is 0 Å². The Morgan fingerprint density at radius 3 is 2.93 bits per heavy atom. The molecule has 0 aliphatic rings. The van der Waals surface area contributed by atoms with Crippen molar-refractivity contribution in [2.24, 2.45) is 4.99 Å². The largest absolute Gasteiger partial charge is 0.435 e. The van der Waals surface area contributed by atoms with Gasteiger partial charge in [0.2, 0.25) is 6.08 Å². The maximum atomic E-state index is 11.8. The Hall–Kier alpha value is -1.74. The normalized spacial score (nSPS) is 9.64. The molecule has 3 nitrogen and oxygen atoms in total. The van der Waals surface area contributed by atoms with E-state index in [-0.39, 0.29) is 12.3 Å². The van der Waals surface area contributed by atoms with Gasteiger partial charge in [-0.05, 0) is 17.7 Å². The zero-order valence-electron chi connectivity index (χ0n) is 7.11. The van der Waals surface area contributed by atoms with Gasteiger partial charge in [0.25, 0.3) is 0 Å². The summed E-state index contributed by atoms with van der Waals surface area (Å²) in [5.74, 6) is 0.0543. The first-order valence-corrected chi connectivity index (χ1v) is 3.80. The molecule has 0 aliphatic carbocycles. The van der Waals surface area contributed by atoms with Crippen molar-refractivity contribution in [3.8, 4) is 5.75 Å². The van der Waals surface area contributed by atoms with Gasteiger partial charge >= 0.3 is 6.61 Å². The van der Waals surface area contributed by atoms with Gasteiger partial charge in [-0.2, -0.15) is 8.78 Å². The summed E-state index contributed by atoms with van der Waals surface area (Å²) in [7, 11) is 0. The van der Waals surface area contributed by atoms with Gasteiger partial charge in [-0.15, -0.1) is 0 Å². The standard InChI is InChI=1S/C9H7F2NO2/c10-9(11)14-8-3-1-2-7(4-8)5-12-6-13/h1-4,9H,5H2. The van der Waals surface area contributed by atoms with Gasteiger partial charge in [0, 0.05) is 0 Å². The van der Waals surface area contributed by atoms with Crippen molar-refractivity contribution < 1.29 is 18.3 Å². The lowest BCUT2D eigenvalue weighted by atomic mass is 10.2. The number of hydrogen-bond donors (Lipinski definition) is 0. The zero-order valence-corrected chi connectivity index (χ0v) is 7.11. The van der Waals surface area contributed by atoms with E-state index in [0.717, 1.165) is 0 Å². The zero-order chi connectivity index (χ0) is 10.4. The van der Waals surface area contributed by atoms with Crippen LogP contribution in [-0.2, 0) is 11.3 Å². The van der Waals surface area contributed by atoms with E-state index in [0.29, 0.717) is 5.56 Å². The van der Waals surface area contributed by atoms with Crippen LogP contribution >= 0.6 is 0 Å². The quantitative estimate of drug-likeness (QED) is 0.550. The highest BCUT2D eigenvalue weighted by atomic mass is 19.3. The number of rotatable bonds is 4. The third kappa shape index (κ3) is 3.33. The second-order valence-electron chi connectivity index (χ2n) is 2.43. The van der Waals surface area contributed by atoms with Crippen LogP contribution in [0.3, 0.4) is 0 Å². The number of benzene rings is 1. The Morgan fingerprint density at radius 2 is 2.29 bits per heavy atom. The first-order valence-electron chi connectivity index (χ1n) is 3.80. The average molecular weight is 199 g/mol. The van der Waals surface area contributed by atoms with Crippen molar-refractivity contribution in [3.63, 3.8) is 0 Å². The molecule has 0 N–H and O–H groups in total. The van der Waals surface area contributed by atoms with Crippen molar-refractivity contribution in [1.82, 2.24) is 0 Å². The molecule has 0 heterocycles. The van der Waals surface area contributed by atoms with E-state index in [9.17, 15) is 13.6 Å². The molecule has 5 heteroatoms. The smallest absolute Gasteiger partial charge is 0.387 e. The lowest BCUT2D eigenvalue weighted by Gasteiger charge is -2.04. The molecule has 0 unspecified atom stereocenters. The summed E-state index contributed by atoms with van der Waals surface area (Å²) in [6, 6.07) is 6.00. The van der Waals surface area contributed by atoms with Crippen molar-refractivity contribution >= 4 is 6.08 Å². The lowest BCUT2D eigenvalue weighted by molar-refractivity contribution is -0.0498. The van der Waals surface area contributed by atoms with Crippen LogP contribution in [0.2, 0.25) is 0 Å². The third-order valence-corrected chi connectivity index (χ3v) is 1.45. The Kier molecular flexibility index (Phi) is 3.76. The van der Waals surface area contributed by atoms with E-state index in [2.05, 4.69) is 9.73 Å². The number of carbonyl (C=O) groups excluding carboxylic acids is 1. The molecular formula is C9H7F2NO2. The highest BCUT2D eigenvalue weighted by Gasteiger charge is 2.03. The SMILES string of the molecule is O=C=NCc1cccc(OC(F)F)c1. The van der Waals surface area contributed by atoms with Gasteiger partial charge in [0.1, 0.15) is 5.75 Å². The molecule has 14 heavy (non-hydrogen) atoms. The van der Waals surface area contributed by atoms with Crippen LogP contribution in [0.15, 0.2) is 29.3 Å². The highest BCUT2D eigenvalue weighted by Crippen LogP contribution is 2.16. The molecule has 0 spiro atoms. The molecule has 0 aliphatic heterocycles. The lowest BCUT2D eigenvalue weighted by Crippen LogP contribution is -2.01. The minimum atomic E-state index is -2.85. The topological polar surface area (TPSA) is 38.7 Å². The van der Waals surface area contributed by atoms with Crippen LogP contribution < -0.4 is 4.74 Å². The minimum Gasteiger partial charge on any atom is -0.435 e. The second-order valence-corrected chi connectivity index (χ2v) is 2.43. The van der Waals surface area contributed by atoms with Gasteiger partial charge in [-0.3, -0.25) is 0 Å². The molecule has 1 aromatic rings. The van der Waals surface area contributed by atoms with E-state index in [1.54, 1.807) is 12.1 Å². The molecule has 74 valence electrons. The monoisotopic (exact) mass is 199 g/mol. The summed E-state index contributed by atoms with van der Waals surface area (Å²) in [6.45, 7) is -2.73. The van der Waals surface area contributed by atoms with Crippen LogP contribution in [0.5, 0.6) is 5.75 Å². The predicted octanol–water partition coefficient (Wildman–Crippen LogP) is 2.12. The molecule has 0 amide bonds. The number of halogens is 2. The van der Waals surface area contributed by atoms with Crippen LogP contribution in [0.25, 0.3) is 0 Å². The molecule has 0 atom stereocenters. The van der Waals surface area contributed by atoms with E-state index in [1.807, 2.05) is 0 Å². The molecule has 1 rings (SSSR count). The Bertz CT molecular complexity index is 348. The fraction of sp³-hybridized carbons (Fsp3) is 0.222. The van der Waals surface area contributed by atoms with Gasteiger partial charge in [0.15, 0.2) is 0 Å². The number of ether oxygens (including phenoxy) is 1. The fourth-order valence-electron chi connectivity index (χ4n) is 0.944. The Labute approximate surface area is 79.0 Å². The summed E-state index contributed by atoms with van der Waals surface area (Å²) in [5.41, 5.74) is 0.617. The van der Waals surface area contributed by atoms with Crippen LogP contribution in [0.1, 0.15) is 5.56 Å². The van der Waals surface area contributed by atoms with E-state index < -0.39 is 6.61 Å². The summed E-state index contributed by atoms with van der Waals surface area (Å²) in [6.07, 6.45) is 1.36. The predicted molar refractivity (Wildman–Crippen MR) is 44.9 cm³/mol. The number of alkyl halides is 2. The Morgan fingerprint density at radius 1 is 1.50 bits per heavy atom. The van der Waals surface area contributed by atoms with E-state index >= 15 is 0 Å². The number of aliphatic imine (C=N–C) groups is 1. The number of isocyanates is 1. The maximum absolute atomic E-state index is 11.8. The first-order chi connectivity index (χ1) is 6.72. The molecule has 0 saturated carbocycles. The molecular weight excluding hydrogens is 192 g/mol. The summed E-state index contributed by atoms with van der Waals surface area (Å²) >= 11 is 0. The molecule has 1 aromatic carbocycles. The first kappa shape index (κ1) is 10.3. The average Bonchev–Trinajstić information content (AvgIpc) is 2.14. The second kappa shape index (κ2) is 5.09. The van der Waals surface area contributed by atoms with Crippen molar-refractivity contribution in [3.05, 3.63) is 29.8 Å². The van der Waals surface area contributed by atoms with Crippen LogP contribution in [-0.4, -0.2) is 12.7 Å². The molecule has 0 saturated heterocycles. The Balaban J connectivity index is 2.73. The van der Waals surface area contributed by atoms with Gasteiger partial charge in [0.05, 0.1) is 6.54 Å². The molecule has 0 radical (unpaired) electrons. The fourth-order valence-corrected chi connectivity index (χ4v) is 0.944. The van der Waals surface area contributed by atoms with Gasteiger partial charge < -0.3 is 4.74 Å². The number of nitrogens with zero attached hydrogens (tertiary/aromatic N) is 1. The molecule has 0 aromatic heterocycles. The molecule has 0 fully saturated rings. The van der Waals surface area contributed by atoms with Crippen molar-refractivity contribution in [2.45, 2.75) is 13.2 Å². The van der Waals surface area contributed by atoms with Crippen molar-refractivity contribution in [1.29, 1.82) is 0 Å². The number of hydrogen-bond acceptors (Lipinski definition) is 3. The van der Waals surface area contributed by atoms with Crippen molar-refractivity contribution in [2.75, 3.05) is 0 Å². The third-order valence-electron chi connectivity index (χ3n) is 1.45. The molecule has 0 bridgehead atoms. The maximum Gasteiger partial charge on any atom is 0.387 e. The summed E-state index contributed by atoms with van der Waals surface area (Å²) < 4.78 is 27.8. The highest BCUT2D eigenvalue weighted by molar-refractivity contribution is 5.35. The summed E-state index contributed by atoms with van der Waals surface area (Å²) in [5, 5.41) is 0. The summed E-state index contributed by atoms with van der Waals surface area (Å²) in [4.78, 5) is 13.1. The van der Waals surface area contributed by atoms with E-state index in [1.165, 1.54) is 18.2 Å². The van der Waals surface area contributed by atoms with Gasteiger partial charge in [-0.25, -0.2) is 9.79 Å². The van der Waals surface area contributed by atoms with Crippen LogP contribution in [0, 0.1) is 0 Å². The van der Waals surface area contributed by atoms with Crippen LogP contribution in [0.4, 0.5) is 8.78 Å². The van der Waals surface area contributed by atoms with Gasteiger partial charge in [-0.1, -0.05) is 12.1 Å².